The predicted octanol–water partition coefficient (Wildman–Crippen LogP) is 4.18. The SMILES string of the molecule is Cc1cccc(-c2nc(-c3ccccc3)ns2)c1. The van der Waals surface area contributed by atoms with Crippen molar-refractivity contribution in [1.82, 2.24) is 9.36 Å². The van der Waals surface area contributed by atoms with Crippen molar-refractivity contribution >= 4 is 11.5 Å². The Hall–Kier alpha value is -2.00. The molecule has 0 fully saturated rings. The highest BCUT2D eigenvalue weighted by atomic mass is 32.1. The van der Waals surface area contributed by atoms with Gasteiger partial charge in [0.1, 0.15) is 5.01 Å². The zero-order chi connectivity index (χ0) is 12.4. The molecule has 0 bridgehead atoms. The van der Waals surface area contributed by atoms with Crippen LogP contribution in [0, 0.1) is 6.92 Å². The van der Waals surface area contributed by atoms with Crippen molar-refractivity contribution in [3.63, 3.8) is 0 Å². The molecule has 2 aromatic carbocycles. The molecule has 3 aromatic rings. The van der Waals surface area contributed by atoms with E-state index in [-0.39, 0.29) is 0 Å². The summed E-state index contributed by atoms with van der Waals surface area (Å²) in [5.74, 6) is 0.803. The minimum atomic E-state index is 0.803. The van der Waals surface area contributed by atoms with E-state index in [9.17, 15) is 0 Å². The van der Waals surface area contributed by atoms with Gasteiger partial charge in [0.25, 0.3) is 0 Å². The van der Waals surface area contributed by atoms with Crippen LogP contribution in [0.5, 0.6) is 0 Å². The summed E-state index contributed by atoms with van der Waals surface area (Å²) in [5.41, 5.74) is 3.44. The Balaban J connectivity index is 2.00. The Morgan fingerprint density at radius 2 is 1.67 bits per heavy atom. The minimum Gasteiger partial charge on any atom is -0.215 e. The Morgan fingerprint density at radius 1 is 0.889 bits per heavy atom. The van der Waals surface area contributed by atoms with Crippen molar-refractivity contribution in [2.45, 2.75) is 6.92 Å². The van der Waals surface area contributed by atoms with Crippen LogP contribution in [-0.2, 0) is 0 Å². The summed E-state index contributed by atoms with van der Waals surface area (Å²) < 4.78 is 4.42. The van der Waals surface area contributed by atoms with Gasteiger partial charge in [0.15, 0.2) is 5.82 Å². The van der Waals surface area contributed by atoms with Crippen LogP contribution in [0.25, 0.3) is 22.0 Å². The lowest BCUT2D eigenvalue weighted by Crippen LogP contribution is -1.81. The molecule has 1 heterocycles. The number of nitrogens with zero attached hydrogens (tertiary/aromatic N) is 2. The number of aromatic nitrogens is 2. The molecule has 1 aromatic heterocycles. The van der Waals surface area contributed by atoms with Crippen LogP contribution in [0.1, 0.15) is 5.56 Å². The van der Waals surface area contributed by atoms with E-state index in [0.29, 0.717) is 0 Å². The molecule has 0 aliphatic rings. The normalized spacial score (nSPS) is 10.5. The van der Waals surface area contributed by atoms with Gasteiger partial charge in [0.2, 0.25) is 0 Å². The maximum absolute atomic E-state index is 4.60. The number of hydrogen-bond acceptors (Lipinski definition) is 3. The van der Waals surface area contributed by atoms with Crippen molar-refractivity contribution in [1.29, 1.82) is 0 Å². The zero-order valence-corrected chi connectivity index (χ0v) is 10.8. The lowest BCUT2D eigenvalue weighted by Gasteiger charge is -1.96. The first-order valence-corrected chi connectivity index (χ1v) is 6.56. The quantitative estimate of drug-likeness (QED) is 0.683. The van der Waals surface area contributed by atoms with E-state index in [1.54, 1.807) is 0 Å². The molecule has 0 N–H and O–H groups in total. The van der Waals surface area contributed by atoms with Crippen LogP contribution in [0.2, 0.25) is 0 Å². The van der Waals surface area contributed by atoms with E-state index < -0.39 is 0 Å². The van der Waals surface area contributed by atoms with Crippen LogP contribution < -0.4 is 0 Å². The Bertz CT molecular complexity index is 659. The molecule has 0 spiro atoms. The van der Waals surface area contributed by atoms with Crippen molar-refractivity contribution < 1.29 is 0 Å². The molecule has 0 amide bonds. The molecule has 0 saturated heterocycles. The number of rotatable bonds is 2. The second kappa shape index (κ2) is 4.70. The molecule has 18 heavy (non-hydrogen) atoms. The maximum Gasteiger partial charge on any atom is 0.173 e. The van der Waals surface area contributed by atoms with Gasteiger partial charge in [-0.25, -0.2) is 4.98 Å². The van der Waals surface area contributed by atoms with Gasteiger partial charge < -0.3 is 0 Å². The average molecular weight is 252 g/mol. The van der Waals surface area contributed by atoms with Gasteiger partial charge in [-0.2, -0.15) is 4.37 Å². The van der Waals surface area contributed by atoms with Crippen LogP contribution in [-0.4, -0.2) is 9.36 Å². The van der Waals surface area contributed by atoms with Crippen LogP contribution in [0.15, 0.2) is 54.6 Å². The van der Waals surface area contributed by atoms with E-state index in [1.807, 2.05) is 36.4 Å². The van der Waals surface area contributed by atoms with E-state index in [2.05, 4.69) is 34.5 Å². The van der Waals surface area contributed by atoms with Gasteiger partial charge in [-0.15, -0.1) is 0 Å². The second-order valence-electron chi connectivity index (χ2n) is 4.16. The Morgan fingerprint density at radius 3 is 2.44 bits per heavy atom. The monoisotopic (exact) mass is 252 g/mol. The van der Waals surface area contributed by atoms with Gasteiger partial charge in [-0.1, -0.05) is 54.1 Å². The second-order valence-corrected chi connectivity index (χ2v) is 4.91. The highest BCUT2D eigenvalue weighted by Crippen LogP contribution is 2.26. The summed E-state index contributed by atoms with van der Waals surface area (Å²) in [6.45, 7) is 2.09. The summed E-state index contributed by atoms with van der Waals surface area (Å²) in [5, 5.41) is 0.970. The fraction of sp³-hybridized carbons (Fsp3) is 0.0667. The summed E-state index contributed by atoms with van der Waals surface area (Å²) in [7, 11) is 0. The lowest BCUT2D eigenvalue weighted by molar-refractivity contribution is 1.32. The van der Waals surface area contributed by atoms with Crippen LogP contribution in [0.3, 0.4) is 0 Å². The number of aryl methyl sites for hydroxylation is 1. The average Bonchev–Trinajstić information content (AvgIpc) is 2.89. The molecule has 0 atom stereocenters. The molecule has 2 nitrogen and oxygen atoms in total. The molecule has 3 heteroatoms. The smallest absolute Gasteiger partial charge is 0.173 e. The third kappa shape index (κ3) is 2.17. The van der Waals surface area contributed by atoms with Gasteiger partial charge in [0.05, 0.1) is 0 Å². The van der Waals surface area contributed by atoms with Gasteiger partial charge in [-0.05, 0) is 24.5 Å². The van der Waals surface area contributed by atoms with Crippen molar-refractivity contribution in [3.8, 4) is 22.0 Å². The molecule has 3 rings (SSSR count). The Labute approximate surface area is 110 Å². The molecule has 0 unspecified atom stereocenters. The van der Waals surface area contributed by atoms with Crippen molar-refractivity contribution in [3.05, 3.63) is 60.2 Å². The first-order valence-electron chi connectivity index (χ1n) is 5.79. The maximum atomic E-state index is 4.60. The third-order valence-corrected chi connectivity index (χ3v) is 3.49. The molecular weight excluding hydrogens is 240 g/mol. The molecule has 0 aliphatic carbocycles. The lowest BCUT2D eigenvalue weighted by atomic mass is 10.1. The summed E-state index contributed by atoms with van der Waals surface area (Å²) in [6.07, 6.45) is 0. The molecule has 0 saturated carbocycles. The van der Waals surface area contributed by atoms with Gasteiger partial charge >= 0.3 is 0 Å². The fourth-order valence-electron chi connectivity index (χ4n) is 1.82. The molecule has 88 valence electrons. The van der Waals surface area contributed by atoms with E-state index in [0.717, 1.165) is 22.0 Å². The standard InChI is InChI=1S/C15H12N2S/c1-11-6-5-9-13(10-11)15-16-14(17-18-15)12-7-3-2-4-8-12/h2-10H,1H3. The van der Waals surface area contributed by atoms with Crippen LogP contribution in [0.4, 0.5) is 0 Å². The van der Waals surface area contributed by atoms with Gasteiger partial charge in [0, 0.05) is 11.1 Å². The summed E-state index contributed by atoms with van der Waals surface area (Å²) in [6, 6.07) is 18.4. The van der Waals surface area contributed by atoms with Crippen molar-refractivity contribution in [2.24, 2.45) is 0 Å². The summed E-state index contributed by atoms with van der Waals surface area (Å²) >= 11 is 1.45. The van der Waals surface area contributed by atoms with E-state index in [4.69, 9.17) is 0 Å². The molecule has 0 aliphatic heterocycles. The summed E-state index contributed by atoms with van der Waals surface area (Å²) in [4.78, 5) is 4.60. The highest BCUT2D eigenvalue weighted by molar-refractivity contribution is 7.09. The van der Waals surface area contributed by atoms with E-state index in [1.165, 1.54) is 17.1 Å². The highest BCUT2D eigenvalue weighted by Gasteiger charge is 2.07. The minimum absolute atomic E-state index is 0.803. The van der Waals surface area contributed by atoms with Crippen molar-refractivity contribution in [2.75, 3.05) is 0 Å². The Kier molecular flexibility index (Phi) is 2.90. The van der Waals surface area contributed by atoms with Crippen LogP contribution >= 0.6 is 11.5 Å². The number of hydrogen-bond donors (Lipinski definition) is 0. The topological polar surface area (TPSA) is 25.8 Å². The predicted molar refractivity (Wildman–Crippen MR) is 75.5 cm³/mol. The largest absolute Gasteiger partial charge is 0.215 e. The fourth-order valence-corrected chi connectivity index (χ4v) is 2.50. The third-order valence-electron chi connectivity index (χ3n) is 2.72. The van der Waals surface area contributed by atoms with Gasteiger partial charge in [-0.3, -0.25) is 0 Å². The zero-order valence-electron chi connectivity index (χ0n) is 10.00. The first-order chi connectivity index (χ1) is 8.83. The van der Waals surface area contributed by atoms with E-state index >= 15 is 0 Å². The molecule has 0 radical (unpaired) electrons. The first kappa shape index (κ1) is 11.1. The number of benzene rings is 2. The molecular formula is C15H12N2S.